The highest BCUT2D eigenvalue weighted by atomic mass is 15.1. The SMILES string of the molecule is c1ccc(N=Nc2ccc(C[n+]3ccc(-c4cc[n+](CCCC[n+]5ccc(-c6cc[n+](Cc7ccc(N=Nc8ccccc8)cc7)cc6)cc5)cc4)cc3)cc2)cc1. The maximum Gasteiger partial charge on any atom is 0.173 e. The fourth-order valence-electron chi connectivity index (χ4n) is 6.67. The summed E-state index contributed by atoms with van der Waals surface area (Å²) in [7, 11) is 0. The van der Waals surface area contributed by atoms with E-state index in [2.05, 4.69) is 161 Å². The first kappa shape index (κ1) is 37.6. The van der Waals surface area contributed by atoms with E-state index in [1.165, 1.54) is 33.4 Å². The van der Waals surface area contributed by atoms with E-state index in [-0.39, 0.29) is 0 Å². The molecule has 0 atom stereocenters. The summed E-state index contributed by atoms with van der Waals surface area (Å²) in [6, 6.07) is 53.6. The van der Waals surface area contributed by atoms with E-state index in [1.807, 2.05) is 84.9 Å². The average Bonchev–Trinajstić information content (AvgIpc) is 3.29. The first-order chi connectivity index (χ1) is 28.7. The van der Waals surface area contributed by atoms with Gasteiger partial charge in [-0.3, -0.25) is 0 Å². The molecular weight excluding hydrogens is 713 g/mol. The van der Waals surface area contributed by atoms with Gasteiger partial charge in [0.1, 0.15) is 13.1 Å². The van der Waals surface area contributed by atoms with E-state index in [1.54, 1.807) is 0 Å². The minimum atomic E-state index is 0.795. The van der Waals surface area contributed by atoms with E-state index in [0.29, 0.717) is 0 Å². The lowest BCUT2D eigenvalue weighted by atomic mass is 10.1. The Morgan fingerprint density at radius 3 is 0.862 bits per heavy atom. The smallest absolute Gasteiger partial charge is 0.173 e. The molecule has 0 saturated carbocycles. The second-order valence-electron chi connectivity index (χ2n) is 14.3. The van der Waals surface area contributed by atoms with Crippen molar-refractivity contribution in [2.75, 3.05) is 0 Å². The Morgan fingerprint density at radius 1 is 0.276 bits per heavy atom. The van der Waals surface area contributed by atoms with Crippen molar-refractivity contribution in [2.45, 2.75) is 39.0 Å². The molecular formula is C50H46N8+4. The summed E-state index contributed by atoms with van der Waals surface area (Å²) in [5.41, 5.74) is 10.7. The van der Waals surface area contributed by atoms with Crippen LogP contribution in [-0.2, 0) is 26.2 Å². The Bertz CT molecular complexity index is 2350. The number of unbranched alkanes of at least 4 members (excludes halogenated alkanes) is 1. The topological polar surface area (TPSA) is 65.0 Å². The number of azo groups is 2. The second-order valence-corrected chi connectivity index (χ2v) is 14.3. The molecule has 4 aromatic carbocycles. The van der Waals surface area contributed by atoms with E-state index < -0.39 is 0 Å². The van der Waals surface area contributed by atoms with Gasteiger partial charge >= 0.3 is 0 Å². The predicted octanol–water partition coefficient (Wildman–Crippen LogP) is 10.6. The largest absolute Gasteiger partial charge is 0.205 e. The van der Waals surface area contributed by atoms with Crippen LogP contribution in [0.25, 0.3) is 22.3 Å². The molecule has 4 heterocycles. The van der Waals surface area contributed by atoms with Gasteiger partial charge in [0.05, 0.1) is 22.7 Å². The third-order valence-electron chi connectivity index (χ3n) is 9.99. The van der Waals surface area contributed by atoms with Crippen LogP contribution in [0.1, 0.15) is 24.0 Å². The quantitative estimate of drug-likeness (QED) is 0.0568. The minimum Gasteiger partial charge on any atom is -0.205 e. The average molecular weight is 759 g/mol. The van der Waals surface area contributed by atoms with Gasteiger partial charge in [0.2, 0.25) is 0 Å². The molecule has 8 nitrogen and oxygen atoms in total. The summed E-state index contributed by atoms with van der Waals surface area (Å²) in [5, 5.41) is 17.3. The summed E-state index contributed by atoms with van der Waals surface area (Å²) < 4.78 is 8.94. The highest BCUT2D eigenvalue weighted by molar-refractivity contribution is 5.61. The summed E-state index contributed by atoms with van der Waals surface area (Å²) in [6.45, 7) is 3.58. The molecule has 0 aliphatic heterocycles. The molecule has 0 amide bonds. The summed E-state index contributed by atoms with van der Waals surface area (Å²) in [6.07, 6.45) is 19.6. The van der Waals surface area contributed by atoms with Crippen LogP contribution in [0.15, 0.2) is 228 Å². The van der Waals surface area contributed by atoms with Gasteiger partial charge in [-0.1, -0.05) is 60.7 Å². The third-order valence-corrected chi connectivity index (χ3v) is 9.99. The lowest BCUT2D eigenvalue weighted by Crippen LogP contribution is -2.35. The number of rotatable bonds is 15. The summed E-state index contributed by atoms with van der Waals surface area (Å²) in [5.74, 6) is 0. The van der Waals surface area contributed by atoms with Crippen molar-refractivity contribution < 1.29 is 18.3 Å². The Hall–Kier alpha value is -7.32. The summed E-state index contributed by atoms with van der Waals surface area (Å²) >= 11 is 0. The van der Waals surface area contributed by atoms with Gasteiger partial charge in [0.25, 0.3) is 0 Å². The van der Waals surface area contributed by atoms with Gasteiger partial charge in [0.15, 0.2) is 62.7 Å². The van der Waals surface area contributed by atoms with E-state index >= 15 is 0 Å². The predicted molar refractivity (Wildman–Crippen MR) is 226 cm³/mol. The molecule has 4 aromatic heterocycles. The van der Waals surface area contributed by atoms with Gasteiger partial charge in [-0.2, -0.15) is 20.5 Å². The zero-order valence-corrected chi connectivity index (χ0v) is 32.5. The minimum absolute atomic E-state index is 0.795. The van der Waals surface area contributed by atoms with E-state index in [0.717, 1.165) is 61.8 Å². The molecule has 0 saturated heterocycles. The monoisotopic (exact) mass is 758 g/mol. The van der Waals surface area contributed by atoms with Crippen LogP contribution in [0.3, 0.4) is 0 Å². The highest BCUT2D eigenvalue weighted by Crippen LogP contribution is 2.21. The summed E-state index contributed by atoms with van der Waals surface area (Å²) in [4.78, 5) is 0. The van der Waals surface area contributed by atoms with Crippen molar-refractivity contribution in [1.82, 2.24) is 0 Å². The molecule has 0 bridgehead atoms. The van der Waals surface area contributed by atoms with Crippen molar-refractivity contribution in [3.05, 3.63) is 218 Å². The van der Waals surface area contributed by atoms with Crippen LogP contribution in [0.4, 0.5) is 22.7 Å². The fourth-order valence-corrected chi connectivity index (χ4v) is 6.67. The first-order valence-electron chi connectivity index (χ1n) is 19.8. The third kappa shape index (κ3) is 10.7. The molecule has 0 N–H and O–H groups in total. The maximum absolute atomic E-state index is 4.35. The van der Waals surface area contributed by atoms with Gasteiger partial charge in [-0.25, -0.2) is 18.3 Å². The molecule has 8 heteroatoms. The van der Waals surface area contributed by atoms with Crippen LogP contribution in [0.2, 0.25) is 0 Å². The van der Waals surface area contributed by atoms with Crippen molar-refractivity contribution >= 4 is 22.7 Å². The number of aryl methyl sites for hydroxylation is 2. The van der Waals surface area contributed by atoms with Gasteiger partial charge in [-0.15, -0.1) is 0 Å². The molecule has 0 spiro atoms. The van der Waals surface area contributed by atoms with Crippen LogP contribution < -0.4 is 18.3 Å². The zero-order valence-electron chi connectivity index (χ0n) is 32.5. The first-order valence-corrected chi connectivity index (χ1v) is 19.8. The lowest BCUT2D eigenvalue weighted by Gasteiger charge is -2.03. The van der Waals surface area contributed by atoms with Crippen molar-refractivity contribution in [2.24, 2.45) is 20.5 Å². The van der Waals surface area contributed by atoms with Crippen LogP contribution in [-0.4, -0.2) is 0 Å². The molecule has 282 valence electrons. The van der Waals surface area contributed by atoms with Crippen LogP contribution in [0, 0.1) is 0 Å². The van der Waals surface area contributed by atoms with Crippen molar-refractivity contribution in [3.63, 3.8) is 0 Å². The van der Waals surface area contributed by atoms with E-state index in [9.17, 15) is 0 Å². The second kappa shape index (κ2) is 19.0. The Balaban J connectivity index is 0.753. The van der Waals surface area contributed by atoms with Gasteiger partial charge in [-0.05, 0) is 70.8 Å². The number of hydrogen-bond donors (Lipinski definition) is 0. The number of pyridine rings is 4. The molecule has 0 radical (unpaired) electrons. The number of nitrogens with zero attached hydrogens (tertiary/aromatic N) is 8. The normalized spacial score (nSPS) is 11.4. The Labute approximate surface area is 340 Å². The highest BCUT2D eigenvalue weighted by Gasteiger charge is 2.10. The van der Waals surface area contributed by atoms with Crippen LogP contribution in [0.5, 0.6) is 0 Å². The van der Waals surface area contributed by atoms with Gasteiger partial charge in [0, 0.05) is 72.5 Å². The van der Waals surface area contributed by atoms with Gasteiger partial charge < -0.3 is 0 Å². The maximum atomic E-state index is 4.35. The molecule has 8 aromatic rings. The van der Waals surface area contributed by atoms with Crippen molar-refractivity contribution in [3.8, 4) is 22.3 Å². The molecule has 0 fully saturated rings. The number of hydrogen-bond acceptors (Lipinski definition) is 4. The molecule has 0 unspecified atom stereocenters. The number of benzene rings is 4. The molecule has 0 aliphatic carbocycles. The van der Waals surface area contributed by atoms with E-state index in [4.69, 9.17) is 0 Å². The van der Waals surface area contributed by atoms with Crippen molar-refractivity contribution in [1.29, 1.82) is 0 Å². The molecule has 8 rings (SSSR count). The number of aromatic nitrogens is 4. The lowest BCUT2D eigenvalue weighted by molar-refractivity contribution is -0.708. The Morgan fingerprint density at radius 2 is 0.552 bits per heavy atom. The zero-order chi connectivity index (χ0) is 39.2. The standard InChI is InChI=1S/C50H46N8/c1-3-9-47(10-4-1)51-53-49-17-13-41(14-18-49)39-57-35-25-45(26-36-57)43-21-31-55(32-22-43)29-7-8-30-56-33-23-44(24-34-56)46-27-37-58(38-28-46)40-42-15-19-50(20-16-42)54-52-48-11-5-2-6-12-48/h1-6,9-28,31-38H,7-8,29-30,39-40H2/q+4. The Kier molecular flexibility index (Phi) is 12.3. The fraction of sp³-hybridized carbons (Fsp3) is 0.120. The molecule has 58 heavy (non-hydrogen) atoms. The molecule has 0 aliphatic rings. The van der Waals surface area contributed by atoms with Crippen LogP contribution >= 0.6 is 0 Å².